The molecule has 0 aliphatic rings. The summed E-state index contributed by atoms with van der Waals surface area (Å²) in [6.45, 7) is 3.27. The monoisotopic (exact) mass is 284 g/mol. The van der Waals surface area contributed by atoms with Crippen LogP contribution in [0.3, 0.4) is 0 Å². The zero-order chi connectivity index (χ0) is 15.0. The fourth-order valence-corrected chi connectivity index (χ4v) is 0.879. The molecule has 0 aromatic carbocycles. The molecule has 0 saturated carbocycles. The lowest BCUT2D eigenvalue weighted by Gasteiger charge is -2.37. The molecule has 0 atom stereocenters. The first-order valence-electron chi connectivity index (χ1n) is 4.86. The van der Waals surface area contributed by atoms with Crippen LogP contribution >= 0.6 is 0 Å². The van der Waals surface area contributed by atoms with Gasteiger partial charge in [-0.2, -0.15) is 26.3 Å². The van der Waals surface area contributed by atoms with E-state index in [2.05, 4.69) is 9.47 Å². The van der Waals surface area contributed by atoms with Gasteiger partial charge in [0.2, 0.25) is 0 Å². The SMILES string of the molecule is CC(C)OC(F)(F)C(C)(C)OC(F)(F)C(O)(F)F. The van der Waals surface area contributed by atoms with E-state index < -0.39 is 30.0 Å². The van der Waals surface area contributed by atoms with Gasteiger partial charge in [-0.1, -0.05) is 0 Å². The zero-order valence-electron chi connectivity index (χ0n) is 10.1. The molecule has 0 radical (unpaired) electrons. The van der Waals surface area contributed by atoms with Gasteiger partial charge in [-0.15, -0.1) is 0 Å². The van der Waals surface area contributed by atoms with Crippen LogP contribution in [-0.2, 0) is 9.47 Å². The molecule has 0 spiro atoms. The highest BCUT2D eigenvalue weighted by Crippen LogP contribution is 2.42. The molecule has 9 heteroatoms. The topological polar surface area (TPSA) is 38.7 Å². The van der Waals surface area contributed by atoms with Gasteiger partial charge in [0.1, 0.15) is 0 Å². The Kier molecular flexibility index (Phi) is 4.71. The van der Waals surface area contributed by atoms with Gasteiger partial charge in [0.15, 0.2) is 5.60 Å². The number of aliphatic hydroxyl groups is 1. The standard InChI is InChI=1S/C9H14F6O3/c1-5(2)17-8(12,13)6(3,4)18-9(14,15)7(10,11)16/h5,16H,1-4H3. The van der Waals surface area contributed by atoms with Gasteiger partial charge >= 0.3 is 18.3 Å². The van der Waals surface area contributed by atoms with E-state index in [1.54, 1.807) is 0 Å². The summed E-state index contributed by atoms with van der Waals surface area (Å²) in [5.74, 6) is 0. The Morgan fingerprint density at radius 3 is 1.56 bits per heavy atom. The van der Waals surface area contributed by atoms with Crippen molar-refractivity contribution in [2.24, 2.45) is 0 Å². The molecule has 110 valence electrons. The maximum Gasteiger partial charge on any atom is 0.448 e. The van der Waals surface area contributed by atoms with Crippen LogP contribution in [0, 0.1) is 0 Å². The van der Waals surface area contributed by atoms with E-state index >= 15 is 0 Å². The van der Waals surface area contributed by atoms with Gasteiger partial charge in [0.25, 0.3) is 0 Å². The number of hydrogen-bond acceptors (Lipinski definition) is 3. The molecular weight excluding hydrogens is 270 g/mol. The highest BCUT2D eigenvalue weighted by atomic mass is 19.3. The summed E-state index contributed by atoms with van der Waals surface area (Å²) in [6.07, 6.45) is -16.4. The van der Waals surface area contributed by atoms with Gasteiger partial charge in [-0.3, -0.25) is 4.74 Å². The van der Waals surface area contributed by atoms with Gasteiger partial charge in [-0.05, 0) is 27.7 Å². The lowest BCUT2D eigenvalue weighted by molar-refractivity contribution is -0.470. The van der Waals surface area contributed by atoms with E-state index in [-0.39, 0.29) is 0 Å². The first-order valence-corrected chi connectivity index (χ1v) is 4.86. The molecule has 18 heavy (non-hydrogen) atoms. The van der Waals surface area contributed by atoms with Crippen molar-refractivity contribution in [3.05, 3.63) is 0 Å². The lowest BCUT2D eigenvalue weighted by atomic mass is 10.1. The molecule has 1 N–H and O–H groups in total. The van der Waals surface area contributed by atoms with Crippen molar-refractivity contribution < 1.29 is 40.9 Å². The fourth-order valence-electron chi connectivity index (χ4n) is 0.879. The Labute approximate surface area is 99.7 Å². The smallest absolute Gasteiger partial charge is 0.329 e. The minimum absolute atomic E-state index is 0.440. The van der Waals surface area contributed by atoms with Crippen molar-refractivity contribution >= 4 is 0 Å². The van der Waals surface area contributed by atoms with Crippen LogP contribution in [-0.4, -0.2) is 35.1 Å². The first-order chi connectivity index (χ1) is 7.62. The van der Waals surface area contributed by atoms with E-state index in [0.29, 0.717) is 13.8 Å². The molecule has 0 amide bonds. The summed E-state index contributed by atoms with van der Waals surface area (Å²) in [4.78, 5) is 0. The molecule has 0 aromatic heterocycles. The number of alkyl halides is 6. The summed E-state index contributed by atoms with van der Waals surface area (Å²) in [7, 11) is 0. The van der Waals surface area contributed by atoms with E-state index in [4.69, 9.17) is 5.11 Å². The average molecular weight is 284 g/mol. The molecule has 0 heterocycles. The quantitative estimate of drug-likeness (QED) is 0.762. The first kappa shape index (κ1) is 17.5. The van der Waals surface area contributed by atoms with Crippen LogP contribution in [0.5, 0.6) is 0 Å². The molecule has 0 aliphatic heterocycles. The van der Waals surface area contributed by atoms with Crippen LogP contribution in [0.2, 0.25) is 0 Å². The minimum Gasteiger partial charge on any atom is -0.329 e. The molecule has 0 unspecified atom stereocenters. The number of rotatable bonds is 6. The average Bonchev–Trinajstić information content (AvgIpc) is 1.95. The molecule has 0 rings (SSSR count). The van der Waals surface area contributed by atoms with Gasteiger partial charge in [-0.25, -0.2) is 0 Å². The van der Waals surface area contributed by atoms with E-state index in [1.165, 1.54) is 13.8 Å². The Morgan fingerprint density at radius 2 is 1.28 bits per heavy atom. The number of ether oxygens (including phenoxy) is 2. The maximum atomic E-state index is 13.4. The van der Waals surface area contributed by atoms with Crippen molar-refractivity contribution in [3.63, 3.8) is 0 Å². The Balaban J connectivity index is 5.06. The highest BCUT2D eigenvalue weighted by Gasteiger charge is 2.64. The Hall–Kier alpha value is -0.540. The molecular formula is C9H14F6O3. The summed E-state index contributed by atoms with van der Waals surface area (Å²) >= 11 is 0. The van der Waals surface area contributed by atoms with Crippen molar-refractivity contribution in [1.29, 1.82) is 0 Å². The highest BCUT2D eigenvalue weighted by molar-refractivity contribution is 4.83. The van der Waals surface area contributed by atoms with Crippen LogP contribution in [0.25, 0.3) is 0 Å². The summed E-state index contributed by atoms with van der Waals surface area (Å²) in [6, 6.07) is 0. The second-order valence-electron chi connectivity index (χ2n) is 4.35. The largest absolute Gasteiger partial charge is 0.448 e. The van der Waals surface area contributed by atoms with E-state index in [9.17, 15) is 26.3 Å². The maximum absolute atomic E-state index is 13.4. The van der Waals surface area contributed by atoms with E-state index in [0.717, 1.165) is 0 Å². The fraction of sp³-hybridized carbons (Fsp3) is 1.00. The van der Waals surface area contributed by atoms with Crippen LogP contribution in [0.4, 0.5) is 26.3 Å². The van der Waals surface area contributed by atoms with Crippen molar-refractivity contribution in [1.82, 2.24) is 0 Å². The van der Waals surface area contributed by atoms with Gasteiger partial charge in [0.05, 0.1) is 6.10 Å². The van der Waals surface area contributed by atoms with Gasteiger partial charge in [0, 0.05) is 0 Å². The summed E-state index contributed by atoms with van der Waals surface area (Å²) in [5, 5.41) is 7.86. The van der Waals surface area contributed by atoms with E-state index in [1.807, 2.05) is 0 Å². The third-order valence-corrected chi connectivity index (χ3v) is 1.82. The van der Waals surface area contributed by atoms with Crippen LogP contribution < -0.4 is 0 Å². The number of hydrogen-bond donors (Lipinski definition) is 1. The molecule has 0 aromatic rings. The molecule has 0 fully saturated rings. The second-order valence-corrected chi connectivity index (χ2v) is 4.35. The number of halogens is 6. The third-order valence-electron chi connectivity index (χ3n) is 1.82. The molecule has 0 bridgehead atoms. The molecule has 3 nitrogen and oxygen atoms in total. The van der Waals surface area contributed by atoms with Crippen LogP contribution in [0.15, 0.2) is 0 Å². The van der Waals surface area contributed by atoms with Crippen molar-refractivity contribution in [2.75, 3.05) is 0 Å². The van der Waals surface area contributed by atoms with Crippen molar-refractivity contribution in [3.8, 4) is 0 Å². The molecule has 0 saturated heterocycles. The normalized spacial score (nSPS) is 15.3. The second kappa shape index (κ2) is 4.86. The lowest BCUT2D eigenvalue weighted by Crippen LogP contribution is -2.56. The molecule has 0 aliphatic carbocycles. The van der Waals surface area contributed by atoms with Crippen molar-refractivity contribution in [2.45, 2.75) is 57.7 Å². The Bertz CT molecular complexity index is 285. The van der Waals surface area contributed by atoms with Crippen LogP contribution in [0.1, 0.15) is 27.7 Å². The zero-order valence-corrected chi connectivity index (χ0v) is 10.1. The Morgan fingerprint density at radius 1 is 0.889 bits per heavy atom. The third kappa shape index (κ3) is 3.99. The summed E-state index contributed by atoms with van der Waals surface area (Å²) < 4.78 is 83.6. The van der Waals surface area contributed by atoms with Gasteiger partial charge < -0.3 is 9.84 Å². The predicted octanol–water partition coefficient (Wildman–Crippen LogP) is 2.98. The predicted molar refractivity (Wildman–Crippen MR) is 48.4 cm³/mol. The summed E-state index contributed by atoms with van der Waals surface area (Å²) in [5.41, 5.74) is -3.08. The minimum atomic E-state index is -5.59.